The van der Waals surface area contributed by atoms with Crippen LogP contribution >= 0.6 is 0 Å². The van der Waals surface area contributed by atoms with Gasteiger partial charge in [-0.15, -0.1) is 5.10 Å². The summed E-state index contributed by atoms with van der Waals surface area (Å²) in [5, 5.41) is 18.8. The largest absolute Gasteiger partial charge is 0.471 e. The van der Waals surface area contributed by atoms with Crippen molar-refractivity contribution in [3.63, 3.8) is 0 Å². The molecule has 2 fully saturated rings. The number of benzene rings is 1. The number of carbonyl (C=O) groups excluding carboxylic acids is 3. The summed E-state index contributed by atoms with van der Waals surface area (Å²) in [5.41, 5.74) is -0.195. The van der Waals surface area contributed by atoms with Gasteiger partial charge in [0.15, 0.2) is 0 Å². The number of likely N-dealkylation sites (tertiary alicyclic amines) is 1. The Bertz CT molecular complexity index is 1390. The van der Waals surface area contributed by atoms with Gasteiger partial charge in [0.2, 0.25) is 17.7 Å². The molecule has 226 valence electrons. The molecule has 10 nitrogen and oxygen atoms in total. The lowest BCUT2D eigenvalue weighted by Gasteiger charge is -2.37. The average Bonchev–Trinajstić information content (AvgIpc) is 3.23. The second-order valence-electron chi connectivity index (χ2n) is 12.6. The van der Waals surface area contributed by atoms with Crippen molar-refractivity contribution >= 4 is 17.7 Å². The Hall–Kier alpha value is -4.08. The van der Waals surface area contributed by atoms with Crippen LogP contribution in [0.4, 0.5) is 13.2 Å². The third-order valence-corrected chi connectivity index (χ3v) is 8.17. The van der Waals surface area contributed by atoms with Gasteiger partial charge in [-0.3, -0.25) is 19.1 Å². The minimum Gasteiger partial charge on any atom is -0.471 e. The van der Waals surface area contributed by atoms with Crippen molar-refractivity contribution in [3.05, 3.63) is 47.7 Å². The summed E-state index contributed by atoms with van der Waals surface area (Å²) in [7, 11) is 1.64. The number of aryl methyl sites for hydroxylation is 1. The topological polar surface area (TPSA) is 129 Å². The Morgan fingerprint density at radius 2 is 1.81 bits per heavy atom. The number of amides is 3. The maximum absolute atomic E-state index is 13.8. The Balaban J connectivity index is 1.57. The summed E-state index contributed by atoms with van der Waals surface area (Å²) in [6, 6.07) is 7.61. The smallest absolute Gasteiger partial charge is 0.471 e. The van der Waals surface area contributed by atoms with Crippen LogP contribution in [0.3, 0.4) is 0 Å². The monoisotopic (exact) mass is 588 g/mol. The molecule has 0 radical (unpaired) electrons. The van der Waals surface area contributed by atoms with Crippen molar-refractivity contribution in [3.8, 4) is 11.9 Å². The predicted octanol–water partition coefficient (Wildman–Crippen LogP) is 3.26. The molecule has 5 atom stereocenters. The molecule has 2 unspecified atom stereocenters. The lowest BCUT2D eigenvalue weighted by Crippen LogP contribution is -2.60. The molecule has 2 aliphatic rings. The first-order valence-corrected chi connectivity index (χ1v) is 13.5. The fourth-order valence-electron chi connectivity index (χ4n) is 5.77. The van der Waals surface area contributed by atoms with Crippen LogP contribution in [0, 0.1) is 34.0 Å². The van der Waals surface area contributed by atoms with Gasteiger partial charge in [0.05, 0.1) is 11.6 Å². The molecule has 42 heavy (non-hydrogen) atoms. The van der Waals surface area contributed by atoms with Gasteiger partial charge in [-0.1, -0.05) is 65.0 Å². The molecule has 1 aromatic heterocycles. The fourth-order valence-corrected chi connectivity index (χ4v) is 5.77. The lowest BCUT2D eigenvalue weighted by atomic mass is 9.85. The van der Waals surface area contributed by atoms with Crippen LogP contribution in [0.1, 0.15) is 51.8 Å². The Morgan fingerprint density at radius 3 is 2.38 bits per heavy atom. The van der Waals surface area contributed by atoms with Crippen LogP contribution in [-0.2, 0) is 28.0 Å². The van der Waals surface area contributed by atoms with E-state index in [1.165, 1.54) is 30.4 Å². The quantitative estimate of drug-likeness (QED) is 0.487. The van der Waals surface area contributed by atoms with Crippen molar-refractivity contribution < 1.29 is 32.3 Å². The van der Waals surface area contributed by atoms with Crippen LogP contribution in [0.15, 0.2) is 36.5 Å². The van der Waals surface area contributed by atoms with Crippen molar-refractivity contribution in [2.45, 2.75) is 65.5 Å². The molecule has 1 aliphatic heterocycles. The zero-order chi connectivity index (χ0) is 31.2. The van der Waals surface area contributed by atoms with Crippen LogP contribution in [0.25, 0.3) is 0 Å². The fraction of sp³-hybridized carbons (Fsp3) is 0.552. The number of nitriles is 1. The van der Waals surface area contributed by atoms with Crippen molar-refractivity contribution in [1.82, 2.24) is 25.3 Å². The summed E-state index contributed by atoms with van der Waals surface area (Å²) in [5.74, 6) is -3.83. The van der Waals surface area contributed by atoms with Gasteiger partial charge in [-0.2, -0.15) is 18.4 Å². The number of piperidine rings is 1. The highest BCUT2D eigenvalue weighted by Gasteiger charge is 2.70. The summed E-state index contributed by atoms with van der Waals surface area (Å²) in [6.07, 6.45) is -3.63. The Kier molecular flexibility index (Phi) is 8.06. The Morgan fingerprint density at radius 1 is 1.17 bits per heavy atom. The number of ether oxygens (including phenoxy) is 1. The van der Waals surface area contributed by atoms with Crippen LogP contribution in [0.5, 0.6) is 5.88 Å². The summed E-state index contributed by atoms with van der Waals surface area (Å²) in [6.45, 7) is 8.83. The van der Waals surface area contributed by atoms with Gasteiger partial charge in [0, 0.05) is 19.8 Å². The van der Waals surface area contributed by atoms with E-state index in [0.717, 1.165) is 5.56 Å². The minimum absolute atomic E-state index is 0.0696. The van der Waals surface area contributed by atoms with E-state index in [-0.39, 0.29) is 36.3 Å². The molecule has 2 aromatic rings. The van der Waals surface area contributed by atoms with Gasteiger partial charge in [-0.25, -0.2) is 0 Å². The molecule has 0 bridgehead atoms. The van der Waals surface area contributed by atoms with E-state index in [2.05, 4.69) is 16.5 Å². The third-order valence-electron chi connectivity index (χ3n) is 8.17. The maximum atomic E-state index is 13.8. The van der Waals surface area contributed by atoms with E-state index in [1.54, 1.807) is 13.2 Å². The van der Waals surface area contributed by atoms with E-state index < -0.39 is 47.4 Å². The molecule has 1 aromatic carbocycles. The molecule has 0 spiro atoms. The van der Waals surface area contributed by atoms with E-state index in [4.69, 9.17) is 4.74 Å². The van der Waals surface area contributed by atoms with E-state index in [0.29, 0.717) is 5.56 Å². The van der Waals surface area contributed by atoms with E-state index >= 15 is 0 Å². The number of halogens is 3. The molecular weight excluding hydrogens is 553 g/mol. The number of aromatic nitrogens is 2. The number of fused-ring (bicyclic) bond motifs is 1. The number of hydrogen-bond donors (Lipinski definition) is 2. The number of nitrogens with zero attached hydrogens (tertiary/aromatic N) is 4. The van der Waals surface area contributed by atoms with Gasteiger partial charge < -0.3 is 20.3 Å². The first kappa shape index (κ1) is 30.9. The second-order valence-corrected chi connectivity index (χ2v) is 12.6. The first-order chi connectivity index (χ1) is 19.5. The van der Waals surface area contributed by atoms with Gasteiger partial charge in [0.1, 0.15) is 24.7 Å². The summed E-state index contributed by atoms with van der Waals surface area (Å²) < 4.78 is 46.6. The van der Waals surface area contributed by atoms with E-state index in [1.807, 2.05) is 49.5 Å². The molecule has 1 saturated heterocycles. The SMILES string of the molecule is Cn1cc(C(C#N)NC(=O)[C@@H]2[C@@H]3[C@H](CN2C(=O)C(NC(=O)C(F)(F)F)C(C)(C)C)C3(C)C)c(OCc2ccccc2)n1. The molecular formula is C29H35F3N6O4. The molecule has 1 aliphatic carbocycles. The molecule has 1 saturated carbocycles. The number of carbonyl (C=O) groups is 3. The van der Waals surface area contributed by atoms with Gasteiger partial charge >= 0.3 is 12.1 Å². The minimum atomic E-state index is -5.18. The standard InChI is InChI=1S/C29H35F3N6O4/c1-27(2,3)22(35-26(41)29(30,31)32)25(40)38-14-18-20(28(18,4)5)21(38)23(39)34-19(12-33)17-13-37(6)36-24(17)42-15-16-10-8-7-9-11-16/h7-11,13,18-22H,14-15H2,1-6H3,(H,34,39)(H,35,41)/t18-,19?,20-,21-,22?/m0/s1. The molecule has 3 amide bonds. The lowest BCUT2D eigenvalue weighted by molar-refractivity contribution is -0.176. The van der Waals surface area contributed by atoms with Crippen LogP contribution in [-0.4, -0.2) is 57.2 Å². The van der Waals surface area contributed by atoms with Gasteiger partial charge in [0.25, 0.3) is 0 Å². The van der Waals surface area contributed by atoms with Crippen LogP contribution < -0.4 is 15.4 Å². The highest BCUT2D eigenvalue weighted by molar-refractivity contribution is 5.95. The summed E-state index contributed by atoms with van der Waals surface area (Å²) in [4.78, 5) is 40.6. The Labute approximate surface area is 242 Å². The third kappa shape index (κ3) is 6.07. The molecule has 2 heterocycles. The average molecular weight is 589 g/mol. The molecule has 2 N–H and O–H groups in total. The van der Waals surface area contributed by atoms with Crippen molar-refractivity contribution in [2.75, 3.05) is 6.54 Å². The molecule has 4 rings (SSSR count). The number of rotatable bonds is 8. The zero-order valence-corrected chi connectivity index (χ0v) is 24.3. The zero-order valence-electron chi connectivity index (χ0n) is 24.3. The highest BCUT2D eigenvalue weighted by atomic mass is 19.4. The number of nitrogens with one attached hydrogen (secondary N) is 2. The maximum Gasteiger partial charge on any atom is 0.471 e. The summed E-state index contributed by atoms with van der Waals surface area (Å²) >= 11 is 0. The van der Waals surface area contributed by atoms with Gasteiger partial charge in [-0.05, 0) is 28.2 Å². The van der Waals surface area contributed by atoms with E-state index in [9.17, 15) is 32.8 Å². The second kappa shape index (κ2) is 11.0. The highest BCUT2D eigenvalue weighted by Crippen LogP contribution is 2.65. The number of hydrogen-bond acceptors (Lipinski definition) is 6. The predicted molar refractivity (Wildman–Crippen MR) is 144 cm³/mol. The normalized spacial score (nSPS) is 22.4. The van der Waals surface area contributed by atoms with Crippen molar-refractivity contribution in [1.29, 1.82) is 5.26 Å². The number of alkyl halides is 3. The van der Waals surface area contributed by atoms with Crippen molar-refractivity contribution in [2.24, 2.45) is 29.7 Å². The first-order valence-electron chi connectivity index (χ1n) is 13.5. The molecule has 13 heteroatoms. The van der Waals surface area contributed by atoms with Crippen LogP contribution in [0.2, 0.25) is 0 Å².